The highest BCUT2D eigenvalue weighted by Crippen LogP contribution is 2.26. The van der Waals surface area contributed by atoms with E-state index in [0.717, 1.165) is 5.82 Å². The minimum absolute atomic E-state index is 0.291. The number of hydrogen-bond donors (Lipinski definition) is 2. The maximum Gasteiger partial charge on any atom is 0.417 e. The summed E-state index contributed by atoms with van der Waals surface area (Å²) in [5, 5.41) is 3.06. The lowest BCUT2D eigenvalue weighted by Gasteiger charge is -2.29. The second-order valence-electron chi connectivity index (χ2n) is 6.42. The van der Waals surface area contributed by atoms with Gasteiger partial charge in [-0.3, -0.25) is 9.78 Å². The minimum Gasteiger partial charge on any atom is -0.408 e. The van der Waals surface area contributed by atoms with E-state index in [4.69, 9.17) is 16.0 Å². The average molecular weight is 403 g/mol. The van der Waals surface area contributed by atoms with Crippen molar-refractivity contribution in [3.8, 4) is 0 Å². The Morgan fingerprint density at radius 2 is 2.04 bits per heavy atom. The van der Waals surface area contributed by atoms with Crippen LogP contribution in [0.15, 0.2) is 57.1 Å². The minimum atomic E-state index is -0.815. The zero-order valence-corrected chi connectivity index (χ0v) is 15.4. The molecule has 0 saturated carbocycles. The van der Waals surface area contributed by atoms with Gasteiger partial charge in [0.15, 0.2) is 11.4 Å². The van der Waals surface area contributed by atoms with Crippen LogP contribution in [-0.2, 0) is 4.79 Å². The monoisotopic (exact) mass is 402 g/mol. The predicted molar refractivity (Wildman–Crippen MR) is 104 cm³/mol. The van der Waals surface area contributed by atoms with E-state index in [1.165, 1.54) is 6.07 Å². The number of halogens is 2. The molecule has 0 bridgehead atoms. The van der Waals surface area contributed by atoms with Crippen molar-refractivity contribution in [3.63, 3.8) is 0 Å². The fourth-order valence-electron chi connectivity index (χ4n) is 3.15. The molecule has 0 aliphatic carbocycles. The molecule has 3 heterocycles. The Morgan fingerprint density at radius 3 is 2.75 bits per heavy atom. The molecule has 1 amide bonds. The van der Waals surface area contributed by atoms with Gasteiger partial charge in [-0.2, -0.15) is 0 Å². The quantitative estimate of drug-likeness (QED) is 0.653. The second-order valence-corrected chi connectivity index (χ2v) is 6.86. The first-order chi connectivity index (χ1) is 13.5. The van der Waals surface area contributed by atoms with Crippen LogP contribution in [0.25, 0.3) is 11.1 Å². The van der Waals surface area contributed by atoms with Crippen LogP contribution < -0.4 is 16.0 Å². The van der Waals surface area contributed by atoms with Gasteiger partial charge >= 0.3 is 5.76 Å². The lowest BCUT2D eigenvalue weighted by Crippen LogP contribution is -2.32. The summed E-state index contributed by atoms with van der Waals surface area (Å²) in [5.41, 5.74) is 1.61. The van der Waals surface area contributed by atoms with Gasteiger partial charge in [-0.1, -0.05) is 11.6 Å². The Morgan fingerprint density at radius 1 is 1.25 bits per heavy atom. The molecule has 28 heavy (non-hydrogen) atoms. The number of pyridine rings is 1. The highest BCUT2D eigenvalue weighted by atomic mass is 35.5. The summed E-state index contributed by atoms with van der Waals surface area (Å²) in [6, 6.07) is 8.19. The zero-order chi connectivity index (χ0) is 19.7. The number of carbonyl (C=O) groups excluding carboxylic acids is 1. The molecule has 0 spiro atoms. The molecule has 0 atom stereocenters. The molecule has 144 valence electrons. The molecule has 1 fully saturated rings. The summed E-state index contributed by atoms with van der Waals surface area (Å²) in [6.07, 6.45) is 2.42. The van der Waals surface area contributed by atoms with E-state index < -0.39 is 17.5 Å². The molecule has 3 aromatic rings. The van der Waals surface area contributed by atoms with Crippen LogP contribution in [0.1, 0.15) is 12.8 Å². The molecule has 1 saturated heterocycles. The van der Waals surface area contributed by atoms with Crippen molar-refractivity contribution in [1.29, 1.82) is 0 Å². The number of oxazole rings is 1. The Hall–Kier alpha value is -3.13. The van der Waals surface area contributed by atoms with Crippen molar-refractivity contribution in [2.75, 3.05) is 23.3 Å². The summed E-state index contributed by atoms with van der Waals surface area (Å²) < 4.78 is 19.5. The van der Waals surface area contributed by atoms with Crippen molar-refractivity contribution in [3.05, 3.63) is 63.5 Å². The van der Waals surface area contributed by atoms with Gasteiger partial charge in [0, 0.05) is 31.0 Å². The van der Waals surface area contributed by atoms with Crippen molar-refractivity contribution in [2.45, 2.75) is 12.8 Å². The van der Waals surface area contributed by atoms with Gasteiger partial charge in [0.2, 0.25) is 0 Å². The van der Waals surface area contributed by atoms with Crippen molar-refractivity contribution in [2.24, 2.45) is 0 Å². The summed E-state index contributed by atoms with van der Waals surface area (Å²) in [7, 11) is 0. The second kappa shape index (κ2) is 7.47. The first-order valence-corrected chi connectivity index (χ1v) is 9.05. The van der Waals surface area contributed by atoms with Gasteiger partial charge in [0.05, 0.1) is 10.5 Å². The number of amides is 1. The van der Waals surface area contributed by atoms with Gasteiger partial charge < -0.3 is 14.6 Å². The molecule has 1 aliphatic heterocycles. The third-order valence-electron chi connectivity index (χ3n) is 4.59. The average Bonchev–Trinajstić information content (AvgIpc) is 3.07. The van der Waals surface area contributed by atoms with Crippen molar-refractivity contribution < 1.29 is 13.6 Å². The van der Waals surface area contributed by atoms with Crippen LogP contribution in [0.3, 0.4) is 0 Å². The summed E-state index contributed by atoms with van der Waals surface area (Å²) in [4.78, 5) is 32.2. The number of rotatable bonds is 3. The molecule has 7 nitrogen and oxygen atoms in total. The Kier molecular flexibility index (Phi) is 4.87. The fraction of sp³-hybridized carbons (Fsp3) is 0.211. The van der Waals surface area contributed by atoms with Crippen molar-refractivity contribution >= 4 is 40.1 Å². The number of aromatic nitrogens is 2. The van der Waals surface area contributed by atoms with E-state index in [0.29, 0.717) is 53.3 Å². The smallest absolute Gasteiger partial charge is 0.408 e. The van der Waals surface area contributed by atoms with Gasteiger partial charge in [-0.25, -0.2) is 14.2 Å². The standard InChI is InChI=1S/C19H16ClFN4O3/c20-12-1-4-16(22-10-12)25-7-5-11(6-8-25)17(21)18(26)23-13-2-3-14-15(9-13)28-19(27)24-14/h1-4,9-10H,5-8H2,(H,23,26)(H,24,27). The molecule has 4 rings (SSSR count). The van der Waals surface area contributed by atoms with E-state index in [-0.39, 0.29) is 0 Å². The summed E-state index contributed by atoms with van der Waals surface area (Å²) in [6.45, 7) is 1.12. The van der Waals surface area contributed by atoms with E-state index in [9.17, 15) is 14.0 Å². The Balaban J connectivity index is 1.43. The van der Waals surface area contributed by atoms with Gasteiger partial charge in [0.1, 0.15) is 5.82 Å². The maximum atomic E-state index is 14.6. The lowest BCUT2D eigenvalue weighted by molar-refractivity contribution is -0.114. The summed E-state index contributed by atoms with van der Waals surface area (Å²) in [5.74, 6) is -1.41. The first-order valence-electron chi connectivity index (χ1n) is 8.68. The molecule has 1 aromatic carbocycles. The zero-order valence-electron chi connectivity index (χ0n) is 14.7. The van der Waals surface area contributed by atoms with Crippen molar-refractivity contribution in [1.82, 2.24) is 9.97 Å². The van der Waals surface area contributed by atoms with Crippen LogP contribution in [0, 0.1) is 0 Å². The number of carbonyl (C=O) groups is 1. The van der Waals surface area contributed by atoms with E-state index in [1.54, 1.807) is 24.4 Å². The van der Waals surface area contributed by atoms with Crippen LogP contribution in [0.5, 0.6) is 0 Å². The SMILES string of the molecule is O=C(Nc1ccc2[nH]c(=O)oc2c1)C(F)=C1CCN(c2ccc(Cl)cn2)CC1. The number of nitrogens with zero attached hydrogens (tertiary/aromatic N) is 2. The summed E-state index contributed by atoms with van der Waals surface area (Å²) >= 11 is 5.84. The fourth-order valence-corrected chi connectivity index (χ4v) is 3.26. The molecule has 0 unspecified atom stereocenters. The van der Waals surface area contributed by atoms with Crippen LogP contribution in [0.4, 0.5) is 15.9 Å². The van der Waals surface area contributed by atoms with E-state index in [1.807, 2.05) is 11.0 Å². The van der Waals surface area contributed by atoms with Gasteiger partial charge in [0.25, 0.3) is 5.91 Å². The molecular formula is C19H16ClFN4O3. The van der Waals surface area contributed by atoms with Gasteiger partial charge in [-0.15, -0.1) is 0 Å². The highest BCUT2D eigenvalue weighted by Gasteiger charge is 2.22. The number of benzene rings is 1. The number of nitrogens with one attached hydrogen (secondary N) is 2. The molecule has 2 N–H and O–H groups in total. The largest absolute Gasteiger partial charge is 0.417 e. The van der Waals surface area contributed by atoms with Crippen LogP contribution in [0.2, 0.25) is 5.02 Å². The molecule has 0 radical (unpaired) electrons. The van der Waals surface area contributed by atoms with Crippen LogP contribution >= 0.6 is 11.6 Å². The first kappa shape index (κ1) is 18.2. The third kappa shape index (κ3) is 3.77. The number of hydrogen-bond acceptors (Lipinski definition) is 5. The number of fused-ring (bicyclic) bond motifs is 1. The number of anilines is 2. The van der Waals surface area contributed by atoms with E-state index >= 15 is 0 Å². The lowest BCUT2D eigenvalue weighted by atomic mass is 10.0. The van der Waals surface area contributed by atoms with Gasteiger partial charge in [-0.05, 0) is 42.7 Å². The van der Waals surface area contributed by atoms with Crippen LogP contribution in [-0.4, -0.2) is 29.0 Å². The normalized spacial score (nSPS) is 14.4. The number of H-pyrrole nitrogens is 1. The topological polar surface area (TPSA) is 91.2 Å². The Labute approximate surface area is 163 Å². The predicted octanol–water partition coefficient (Wildman–Crippen LogP) is 3.63. The third-order valence-corrected chi connectivity index (χ3v) is 4.81. The molecule has 9 heteroatoms. The number of piperidine rings is 1. The molecular weight excluding hydrogens is 387 g/mol. The highest BCUT2D eigenvalue weighted by molar-refractivity contribution is 6.30. The molecule has 2 aromatic heterocycles. The Bertz CT molecular complexity index is 1110. The number of aromatic amines is 1. The van der Waals surface area contributed by atoms with E-state index in [2.05, 4.69) is 15.3 Å². The molecule has 1 aliphatic rings. The maximum absolute atomic E-state index is 14.6.